The summed E-state index contributed by atoms with van der Waals surface area (Å²) in [5.74, 6) is 0.757. The van der Waals surface area contributed by atoms with Crippen LogP contribution in [-0.4, -0.2) is 33.8 Å². The minimum absolute atomic E-state index is 0.0300. The number of imide groups is 1. The van der Waals surface area contributed by atoms with Crippen LogP contribution in [0.1, 0.15) is 42.9 Å². The molecule has 32 heavy (non-hydrogen) atoms. The maximum absolute atomic E-state index is 13.5. The first kappa shape index (κ1) is 22.6. The Morgan fingerprint density at radius 1 is 1.41 bits per heavy atom. The third-order valence-electron chi connectivity index (χ3n) is 5.40. The maximum Gasteiger partial charge on any atom is 0.321 e. The van der Waals surface area contributed by atoms with Crippen LogP contribution in [0.4, 0.5) is 4.79 Å². The standard InChI is InChI=1S/C22H26N4O4S2/c1-3-8-23-21(29)24-17(27)12-31-22-25-19-18(15-7-6-13(2)10-16(15)32-19)20(28)26(22)11-14-5-4-9-30-14/h4-5,9,13H,3,6-8,10-12H2,1-2H3,(H2,23,24,27,29). The van der Waals surface area contributed by atoms with E-state index in [1.165, 1.54) is 4.88 Å². The summed E-state index contributed by atoms with van der Waals surface area (Å²) in [5, 5.41) is 6.04. The van der Waals surface area contributed by atoms with Crippen molar-refractivity contribution < 1.29 is 14.0 Å². The van der Waals surface area contributed by atoms with E-state index >= 15 is 0 Å². The van der Waals surface area contributed by atoms with Crippen molar-refractivity contribution in [3.05, 3.63) is 45.0 Å². The van der Waals surface area contributed by atoms with Gasteiger partial charge in [-0.2, -0.15) is 0 Å². The quantitative estimate of drug-likeness (QED) is 0.401. The number of aromatic nitrogens is 2. The minimum atomic E-state index is -0.520. The second-order valence-corrected chi connectivity index (χ2v) is 10.0. The zero-order chi connectivity index (χ0) is 22.7. The molecular weight excluding hydrogens is 448 g/mol. The Labute approximate surface area is 193 Å². The molecule has 0 saturated heterocycles. The summed E-state index contributed by atoms with van der Waals surface area (Å²) in [6.07, 6.45) is 5.26. The number of furan rings is 1. The van der Waals surface area contributed by atoms with Crippen molar-refractivity contribution in [2.75, 3.05) is 12.3 Å². The predicted octanol–water partition coefficient (Wildman–Crippen LogP) is 3.55. The van der Waals surface area contributed by atoms with E-state index < -0.39 is 11.9 Å². The monoisotopic (exact) mass is 474 g/mol. The largest absolute Gasteiger partial charge is 0.467 e. The van der Waals surface area contributed by atoms with Crippen LogP contribution < -0.4 is 16.2 Å². The minimum Gasteiger partial charge on any atom is -0.467 e. The molecule has 3 heterocycles. The van der Waals surface area contributed by atoms with Gasteiger partial charge >= 0.3 is 6.03 Å². The molecule has 0 fully saturated rings. The van der Waals surface area contributed by atoms with Gasteiger partial charge in [-0.25, -0.2) is 9.78 Å². The molecule has 10 heteroatoms. The van der Waals surface area contributed by atoms with Gasteiger partial charge in [0.05, 0.1) is 23.9 Å². The molecule has 1 aliphatic carbocycles. The van der Waals surface area contributed by atoms with Crippen LogP contribution in [-0.2, 0) is 24.2 Å². The van der Waals surface area contributed by atoms with Crippen molar-refractivity contribution in [1.82, 2.24) is 20.2 Å². The summed E-state index contributed by atoms with van der Waals surface area (Å²) in [6.45, 7) is 4.89. The Morgan fingerprint density at radius 3 is 3.00 bits per heavy atom. The summed E-state index contributed by atoms with van der Waals surface area (Å²) in [7, 11) is 0. The highest BCUT2D eigenvalue weighted by Crippen LogP contribution is 2.36. The van der Waals surface area contributed by atoms with Gasteiger partial charge in [-0.3, -0.25) is 19.5 Å². The van der Waals surface area contributed by atoms with Crippen molar-refractivity contribution in [1.29, 1.82) is 0 Å². The van der Waals surface area contributed by atoms with Gasteiger partial charge in [-0.15, -0.1) is 11.3 Å². The van der Waals surface area contributed by atoms with Crippen LogP contribution in [0.2, 0.25) is 0 Å². The summed E-state index contributed by atoms with van der Waals surface area (Å²) in [5.41, 5.74) is 1.01. The molecule has 2 N–H and O–H groups in total. The fourth-order valence-corrected chi connectivity index (χ4v) is 6.01. The Hall–Kier alpha value is -2.59. The smallest absolute Gasteiger partial charge is 0.321 e. The van der Waals surface area contributed by atoms with E-state index in [9.17, 15) is 14.4 Å². The van der Waals surface area contributed by atoms with E-state index in [1.807, 2.05) is 6.92 Å². The maximum atomic E-state index is 13.5. The van der Waals surface area contributed by atoms with Crippen LogP contribution in [0.5, 0.6) is 0 Å². The predicted molar refractivity (Wildman–Crippen MR) is 125 cm³/mol. The third-order valence-corrected chi connectivity index (χ3v) is 7.52. The second kappa shape index (κ2) is 9.91. The molecule has 0 bridgehead atoms. The van der Waals surface area contributed by atoms with Crippen molar-refractivity contribution in [2.24, 2.45) is 5.92 Å². The van der Waals surface area contributed by atoms with Gasteiger partial charge in [0.15, 0.2) is 5.16 Å². The molecular formula is C22H26N4O4S2. The molecule has 8 nitrogen and oxygen atoms in total. The highest BCUT2D eigenvalue weighted by Gasteiger charge is 2.25. The lowest BCUT2D eigenvalue weighted by Crippen LogP contribution is -2.40. The van der Waals surface area contributed by atoms with E-state index in [0.717, 1.165) is 43.0 Å². The molecule has 0 aromatic carbocycles. The lowest BCUT2D eigenvalue weighted by molar-refractivity contribution is -0.117. The van der Waals surface area contributed by atoms with Gasteiger partial charge < -0.3 is 9.73 Å². The van der Waals surface area contributed by atoms with Gasteiger partial charge in [-0.05, 0) is 49.3 Å². The molecule has 1 aliphatic rings. The van der Waals surface area contributed by atoms with E-state index in [1.54, 1.807) is 34.3 Å². The first-order valence-corrected chi connectivity index (χ1v) is 12.5. The second-order valence-electron chi connectivity index (χ2n) is 7.99. The summed E-state index contributed by atoms with van der Waals surface area (Å²) in [4.78, 5) is 44.2. The molecule has 1 atom stereocenters. The van der Waals surface area contributed by atoms with Crippen molar-refractivity contribution >= 4 is 45.3 Å². The molecule has 0 aliphatic heterocycles. The number of carbonyl (C=O) groups is 2. The summed E-state index contributed by atoms with van der Waals surface area (Å²) in [6, 6.07) is 3.06. The third kappa shape index (κ3) is 4.91. The molecule has 3 aromatic rings. The van der Waals surface area contributed by atoms with Crippen LogP contribution in [0.3, 0.4) is 0 Å². The zero-order valence-electron chi connectivity index (χ0n) is 18.1. The molecule has 0 radical (unpaired) electrons. The molecule has 0 saturated carbocycles. The number of carbonyl (C=O) groups excluding carboxylic acids is 2. The molecule has 0 spiro atoms. The van der Waals surface area contributed by atoms with E-state index in [4.69, 9.17) is 9.40 Å². The number of nitrogens with one attached hydrogen (secondary N) is 2. The Balaban J connectivity index is 1.63. The number of hydrogen-bond donors (Lipinski definition) is 2. The van der Waals surface area contributed by atoms with Gasteiger partial charge in [0.25, 0.3) is 5.56 Å². The lowest BCUT2D eigenvalue weighted by Gasteiger charge is -2.17. The van der Waals surface area contributed by atoms with Crippen LogP contribution in [0.15, 0.2) is 32.8 Å². The van der Waals surface area contributed by atoms with E-state index in [2.05, 4.69) is 17.6 Å². The number of aryl methyl sites for hydroxylation is 1. The SMILES string of the molecule is CCCNC(=O)NC(=O)CSc1nc2sc3c(c2c(=O)n1Cc1ccco1)CCC(C)C3. The van der Waals surface area contributed by atoms with E-state index in [0.29, 0.717) is 33.6 Å². The van der Waals surface area contributed by atoms with Crippen LogP contribution in [0.25, 0.3) is 10.2 Å². The lowest BCUT2D eigenvalue weighted by atomic mass is 9.89. The van der Waals surface area contributed by atoms with Gasteiger partial charge in [0.1, 0.15) is 10.6 Å². The number of thioether (sulfide) groups is 1. The van der Waals surface area contributed by atoms with Crippen LogP contribution >= 0.6 is 23.1 Å². The number of hydrogen-bond acceptors (Lipinski definition) is 7. The fraction of sp³-hybridized carbons (Fsp3) is 0.455. The zero-order valence-corrected chi connectivity index (χ0v) is 19.7. The Bertz CT molecular complexity index is 1180. The number of amides is 3. The highest BCUT2D eigenvalue weighted by molar-refractivity contribution is 7.99. The normalized spacial score (nSPS) is 15.5. The Morgan fingerprint density at radius 2 is 2.25 bits per heavy atom. The molecule has 3 aromatic heterocycles. The number of rotatable bonds is 7. The molecule has 4 rings (SSSR count). The molecule has 1 unspecified atom stereocenters. The van der Waals surface area contributed by atoms with Gasteiger partial charge in [-0.1, -0.05) is 25.6 Å². The van der Waals surface area contributed by atoms with Crippen molar-refractivity contribution in [3.63, 3.8) is 0 Å². The van der Waals surface area contributed by atoms with Crippen molar-refractivity contribution in [3.8, 4) is 0 Å². The molecule has 3 amide bonds. The summed E-state index contributed by atoms with van der Waals surface area (Å²) < 4.78 is 7.03. The number of urea groups is 1. The fourth-order valence-electron chi connectivity index (χ4n) is 3.79. The average molecular weight is 475 g/mol. The first-order chi connectivity index (χ1) is 15.5. The topological polar surface area (TPSA) is 106 Å². The van der Waals surface area contributed by atoms with E-state index in [-0.39, 0.29) is 17.9 Å². The Kier molecular flexibility index (Phi) is 7.00. The number of fused-ring (bicyclic) bond motifs is 3. The van der Waals surface area contributed by atoms with Crippen molar-refractivity contribution in [2.45, 2.75) is 51.2 Å². The van der Waals surface area contributed by atoms with Gasteiger partial charge in [0, 0.05) is 11.4 Å². The van der Waals surface area contributed by atoms with Gasteiger partial charge in [0.2, 0.25) is 5.91 Å². The number of nitrogens with zero attached hydrogens (tertiary/aromatic N) is 2. The number of thiophene rings is 1. The molecule has 170 valence electrons. The first-order valence-electron chi connectivity index (χ1n) is 10.7. The highest BCUT2D eigenvalue weighted by atomic mass is 32.2. The summed E-state index contributed by atoms with van der Waals surface area (Å²) >= 11 is 2.72. The van der Waals surface area contributed by atoms with Crippen LogP contribution in [0, 0.1) is 5.92 Å². The average Bonchev–Trinajstić information content (AvgIpc) is 3.40.